The molecular weight excluding hydrogens is 244 g/mol. The van der Waals surface area contributed by atoms with Crippen molar-refractivity contribution in [1.29, 1.82) is 0 Å². The van der Waals surface area contributed by atoms with Crippen LogP contribution in [0.4, 0.5) is 0 Å². The minimum atomic E-state index is 0.207. The van der Waals surface area contributed by atoms with Crippen LogP contribution in [0.1, 0.15) is 32.6 Å². The first-order chi connectivity index (χ1) is 8.74. The molecule has 0 bridgehead atoms. The van der Waals surface area contributed by atoms with E-state index in [9.17, 15) is 0 Å². The van der Waals surface area contributed by atoms with E-state index >= 15 is 0 Å². The summed E-state index contributed by atoms with van der Waals surface area (Å²) in [7, 11) is 0. The zero-order valence-electron chi connectivity index (χ0n) is 11.4. The van der Waals surface area contributed by atoms with Crippen molar-refractivity contribution in [2.24, 2.45) is 11.7 Å². The molecule has 0 saturated carbocycles. The number of nitrogens with two attached hydrogens (primary N) is 1. The van der Waals surface area contributed by atoms with Crippen LogP contribution < -0.4 is 5.73 Å². The van der Waals surface area contributed by atoms with Crippen molar-refractivity contribution in [1.82, 2.24) is 4.90 Å². The van der Waals surface area contributed by atoms with Gasteiger partial charge in [0.1, 0.15) is 0 Å². The van der Waals surface area contributed by atoms with Crippen molar-refractivity contribution in [3.05, 3.63) is 0 Å². The zero-order chi connectivity index (χ0) is 12.6. The summed E-state index contributed by atoms with van der Waals surface area (Å²) in [6.07, 6.45) is 5.02. The van der Waals surface area contributed by atoms with Gasteiger partial charge in [-0.1, -0.05) is 6.92 Å². The van der Waals surface area contributed by atoms with Crippen LogP contribution in [0.25, 0.3) is 0 Å². The smallest absolute Gasteiger partial charge is 0.0795 e. The molecule has 2 N–H and O–H groups in total. The Labute approximate surface area is 115 Å². The van der Waals surface area contributed by atoms with Crippen LogP contribution in [0.2, 0.25) is 0 Å². The molecule has 3 nitrogen and oxygen atoms in total. The largest absolute Gasteiger partial charge is 0.374 e. The number of ether oxygens (including phenoxy) is 1. The highest BCUT2D eigenvalue weighted by Crippen LogP contribution is 2.41. The molecule has 3 aliphatic rings. The first-order valence-corrected chi connectivity index (χ1v) is 8.57. The number of hydrogen-bond donors (Lipinski definition) is 1. The average molecular weight is 270 g/mol. The molecule has 0 radical (unpaired) electrons. The summed E-state index contributed by atoms with van der Waals surface area (Å²) in [5.74, 6) is 3.26. The van der Waals surface area contributed by atoms with Gasteiger partial charge in [-0.3, -0.25) is 4.90 Å². The van der Waals surface area contributed by atoms with Crippen molar-refractivity contribution >= 4 is 11.8 Å². The van der Waals surface area contributed by atoms with E-state index in [-0.39, 0.29) is 5.60 Å². The van der Waals surface area contributed by atoms with E-state index in [0.29, 0.717) is 6.04 Å². The van der Waals surface area contributed by atoms with Gasteiger partial charge in [-0.25, -0.2) is 0 Å². The van der Waals surface area contributed by atoms with Crippen LogP contribution in [0, 0.1) is 5.92 Å². The van der Waals surface area contributed by atoms with Crippen LogP contribution >= 0.6 is 11.8 Å². The molecule has 0 aromatic rings. The maximum atomic E-state index is 6.13. The molecule has 1 spiro atoms. The number of hydrogen-bond acceptors (Lipinski definition) is 4. The average Bonchev–Trinajstić information content (AvgIpc) is 2.96. The number of nitrogens with zero attached hydrogens (tertiary/aromatic N) is 1. The van der Waals surface area contributed by atoms with Crippen molar-refractivity contribution in [3.63, 3.8) is 0 Å². The van der Waals surface area contributed by atoms with Crippen molar-refractivity contribution < 1.29 is 4.74 Å². The highest BCUT2D eigenvalue weighted by molar-refractivity contribution is 7.99. The van der Waals surface area contributed by atoms with E-state index in [1.165, 1.54) is 43.7 Å². The predicted molar refractivity (Wildman–Crippen MR) is 77.0 cm³/mol. The Kier molecular flexibility index (Phi) is 3.90. The Morgan fingerprint density at radius 2 is 2.33 bits per heavy atom. The molecule has 3 rings (SSSR count). The third kappa shape index (κ3) is 2.33. The van der Waals surface area contributed by atoms with E-state index in [1.54, 1.807) is 0 Å². The second kappa shape index (κ2) is 5.31. The third-order valence-electron chi connectivity index (χ3n) is 5.17. The van der Waals surface area contributed by atoms with E-state index in [1.807, 2.05) is 0 Å². The van der Waals surface area contributed by atoms with Gasteiger partial charge < -0.3 is 10.5 Å². The summed E-state index contributed by atoms with van der Waals surface area (Å²) in [6.45, 7) is 5.38. The molecule has 3 aliphatic heterocycles. The van der Waals surface area contributed by atoms with Gasteiger partial charge in [0.05, 0.1) is 5.60 Å². The van der Waals surface area contributed by atoms with E-state index in [4.69, 9.17) is 10.5 Å². The summed E-state index contributed by atoms with van der Waals surface area (Å²) in [4.78, 5) is 2.71. The second-order valence-electron chi connectivity index (χ2n) is 6.29. The van der Waals surface area contributed by atoms with Gasteiger partial charge in [-0.15, -0.1) is 0 Å². The maximum Gasteiger partial charge on any atom is 0.0795 e. The molecule has 4 heteroatoms. The summed E-state index contributed by atoms with van der Waals surface area (Å²) in [6, 6.07) is 1.33. The van der Waals surface area contributed by atoms with Gasteiger partial charge in [0.2, 0.25) is 0 Å². The van der Waals surface area contributed by atoms with Crippen LogP contribution in [-0.2, 0) is 4.74 Å². The van der Waals surface area contributed by atoms with Crippen LogP contribution in [0.15, 0.2) is 0 Å². The molecule has 18 heavy (non-hydrogen) atoms. The number of likely N-dealkylation sites (tertiary alicyclic amines) is 1. The normalized spacial score (nSPS) is 46.0. The molecule has 0 aromatic carbocycles. The van der Waals surface area contributed by atoms with Crippen LogP contribution in [0.3, 0.4) is 0 Å². The molecule has 0 aromatic heterocycles. The standard InChI is InChI=1S/C14H26N2OS/c1-11-2-5-16(13(11)9-15)12-3-6-17-14(8-12)4-7-18-10-14/h11-13H,2-10,15H2,1H3. The second-order valence-corrected chi connectivity index (χ2v) is 7.39. The molecule has 3 saturated heterocycles. The summed E-state index contributed by atoms with van der Waals surface area (Å²) in [5.41, 5.74) is 6.20. The summed E-state index contributed by atoms with van der Waals surface area (Å²) >= 11 is 2.06. The minimum Gasteiger partial charge on any atom is -0.374 e. The van der Waals surface area contributed by atoms with Crippen molar-refractivity contribution in [2.75, 3.05) is 31.2 Å². The predicted octanol–water partition coefficient (Wildman–Crippen LogP) is 1.71. The fraction of sp³-hybridized carbons (Fsp3) is 1.00. The molecule has 104 valence electrons. The molecule has 3 heterocycles. The van der Waals surface area contributed by atoms with Crippen molar-refractivity contribution in [3.8, 4) is 0 Å². The zero-order valence-corrected chi connectivity index (χ0v) is 12.3. The highest BCUT2D eigenvalue weighted by atomic mass is 32.2. The molecular formula is C14H26N2OS. The van der Waals surface area contributed by atoms with Gasteiger partial charge in [0.25, 0.3) is 0 Å². The van der Waals surface area contributed by atoms with Crippen molar-refractivity contribution in [2.45, 2.75) is 50.3 Å². The molecule has 0 amide bonds. The van der Waals surface area contributed by atoms with E-state index < -0.39 is 0 Å². The topological polar surface area (TPSA) is 38.5 Å². The fourth-order valence-corrected chi connectivity index (χ4v) is 5.39. The Hall–Kier alpha value is 0.230. The minimum absolute atomic E-state index is 0.207. The van der Waals surface area contributed by atoms with Gasteiger partial charge >= 0.3 is 0 Å². The Morgan fingerprint density at radius 3 is 3.06 bits per heavy atom. The maximum absolute atomic E-state index is 6.13. The summed E-state index contributed by atoms with van der Waals surface area (Å²) < 4.78 is 6.13. The molecule has 4 unspecified atom stereocenters. The van der Waals surface area contributed by atoms with Gasteiger partial charge in [-0.05, 0) is 43.9 Å². The lowest BCUT2D eigenvalue weighted by Crippen LogP contribution is -2.52. The lowest BCUT2D eigenvalue weighted by Gasteiger charge is -2.43. The Morgan fingerprint density at radius 1 is 1.44 bits per heavy atom. The monoisotopic (exact) mass is 270 g/mol. The summed E-state index contributed by atoms with van der Waals surface area (Å²) in [5, 5.41) is 0. The van der Waals surface area contributed by atoms with Crippen LogP contribution in [-0.4, -0.2) is 53.8 Å². The van der Waals surface area contributed by atoms with Gasteiger partial charge in [-0.2, -0.15) is 11.8 Å². The fourth-order valence-electron chi connectivity index (χ4n) is 4.01. The lowest BCUT2D eigenvalue weighted by atomic mass is 9.88. The first-order valence-electron chi connectivity index (χ1n) is 7.42. The molecule has 4 atom stereocenters. The first kappa shape index (κ1) is 13.2. The molecule has 3 fully saturated rings. The third-order valence-corrected chi connectivity index (χ3v) is 6.39. The highest BCUT2D eigenvalue weighted by Gasteiger charge is 2.44. The number of rotatable bonds is 2. The number of thioether (sulfide) groups is 1. The van der Waals surface area contributed by atoms with Gasteiger partial charge in [0, 0.05) is 31.0 Å². The molecule has 0 aliphatic carbocycles. The van der Waals surface area contributed by atoms with Crippen LogP contribution in [0.5, 0.6) is 0 Å². The van der Waals surface area contributed by atoms with Gasteiger partial charge in [0.15, 0.2) is 0 Å². The quantitative estimate of drug-likeness (QED) is 0.829. The Bertz CT molecular complexity index is 294. The Balaban J connectivity index is 1.68. The van der Waals surface area contributed by atoms with E-state index in [2.05, 4.69) is 23.6 Å². The SMILES string of the molecule is CC1CCN(C2CCOC3(CCSC3)C2)C1CN. The lowest BCUT2D eigenvalue weighted by molar-refractivity contribution is -0.0916. The van der Waals surface area contributed by atoms with E-state index in [0.717, 1.165) is 25.1 Å².